The van der Waals surface area contributed by atoms with Crippen LogP contribution in [-0.2, 0) is 4.74 Å². The van der Waals surface area contributed by atoms with E-state index < -0.39 is 0 Å². The van der Waals surface area contributed by atoms with E-state index in [1.54, 1.807) is 0 Å². The minimum atomic E-state index is -0.231. The Morgan fingerprint density at radius 1 is 1.30 bits per heavy atom. The van der Waals surface area contributed by atoms with Gasteiger partial charge in [0.05, 0.1) is 43.6 Å². The smallest absolute Gasteiger partial charge is 0.0956 e. The maximum atomic E-state index is 10.4. The Balaban J connectivity index is 1.68. The third-order valence-corrected chi connectivity index (χ3v) is 5.38. The van der Waals surface area contributed by atoms with Crippen molar-refractivity contribution in [1.29, 1.82) is 0 Å². The van der Waals surface area contributed by atoms with E-state index in [4.69, 9.17) is 4.74 Å². The zero-order valence-corrected chi connectivity index (χ0v) is 11.1. The Labute approximate surface area is 117 Å². The van der Waals surface area contributed by atoms with E-state index >= 15 is 0 Å². The van der Waals surface area contributed by atoms with Gasteiger partial charge in [-0.15, -0.1) is 0 Å². The van der Waals surface area contributed by atoms with Crippen LogP contribution in [0.15, 0.2) is 36.8 Å². The van der Waals surface area contributed by atoms with Crippen molar-refractivity contribution in [2.45, 2.75) is 18.6 Å². The third kappa shape index (κ3) is 1.13. The number of fused-ring (bicyclic) bond motifs is 3. The van der Waals surface area contributed by atoms with Crippen LogP contribution in [0.2, 0.25) is 0 Å². The number of aromatic nitrogens is 2. The highest BCUT2D eigenvalue weighted by Crippen LogP contribution is 2.60. The number of benzene rings is 1. The van der Waals surface area contributed by atoms with Gasteiger partial charge in [0.15, 0.2) is 0 Å². The lowest BCUT2D eigenvalue weighted by molar-refractivity contribution is -0.250. The summed E-state index contributed by atoms with van der Waals surface area (Å²) < 4.78 is 7.67. The number of rotatable bonds is 1. The van der Waals surface area contributed by atoms with Crippen LogP contribution in [0, 0.1) is 11.3 Å². The van der Waals surface area contributed by atoms with Gasteiger partial charge in [-0.2, -0.15) is 0 Å². The van der Waals surface area contributed by atoms with Crippen LogP contribution >= 0.6 is 0 Å². The average molecular weight is 268 g/mol. The normalized spacial score (nSPS) is 32.4. The van der Waals surface area contributed by atoms with E-state index in [1.807, 2.05) is 12.5 Å². The Bertz CT molecular complexity index is 689. The first-order valence-corrected chi connectivity index (χ1v) is 7.17. The van der Waals surface area contributed by atoms with Gasteiger partial charge in [0.1, 0.15) is 0 Å². The quantitative estimate of drug-likeness (QED) is 0.858. The van der Waals surface area contributed by atoms with Gasteiger partial charge in [-0.25, -0.2) is 4.98 Å². The van der Waals surface area contributed by atoms with Crippen molar-refractivity contribution in [2.75, 3.05) is 13.2 Å². The lowest BCUT2D eigenvalue weighted by atomic mass is 9.53. The predicted octanol–water partition coefficient (Wildman–Crippen LogP) is 1.85. The van der Waals surface area contributed by atoms with Crippen LogP contribution in [0.5, 0.6) is 0 Å². The molecule has 3 atom stereocenters. The van der Waals surface area contributed by atoms with E-state index in [0.717, 1.165) is 19.6 Å². The summed E-state index contributed by atoms with van der Waals surface area (Å²) in [6, 6.07) is 8.69. The second-order valence-corrected chi connectivity index (χ2v) is 6.37. The molecule has 4 nitrogen and oxygen atoms in total. The monoisotopic (exact) mass is 268 g/mol. The number of imidazole rings is 1. The summed E-state index contributed by atoms with van der Waals surface area (Å²) in [5.74, 6) is 0.243. The topological polar surface area (TPSA) is 47.3 Å². The van der Waals surface area contributed by atoms with Crippen LogP contribution in [0.1, 0.15) is 18.0 Å². The van der Waals surface area contributed by atoms with Gasteiger partial charge in [-0.1, -0.05) is 24.3 Å². The van der Waals surface area contributed by atoms with E-state index in [1.165, 1.54) is 16.8 Å². The lowest BCUT2D eigenvalue weighted by Gasteiger charge is -2.60. The van der Waals surface area contributed by atoms with Gasteiger partial charge >= 0.3 is 0 Å². The molecule has 2 aliphatic heterocycles. The van der Waals surface area contributed by atoms with E-state index in [-0.39, 0.29) is 23.5 Å². The van der Waals surface area contributed by atoms with Crippen molar-refractivity contribution >= 4 is 0 Å². The minimum Gasteiger partial charge on any atom is -0.393 e. The molecule has 1 spiro atoms. The molecule has 20 heavy (non-hydrogen) atoms. The van der Waals surface area contributed by atoms with Crippen molar-refractivity contribution in [3.63, 3.8) is 0 Å². The number of aliphatic hydroxyl groups excluding tert-OH is 1. The van der Waals surface area contributed by atoms with Crippen LogP contribution in [0.4, 0.5) is 0 Å². The second-order valence-electron chi connectivity index (χ2n) is 6.37. The second kappa shape index (κ2) is 3.51. The van der Waals surface area contributed by atoms with Crippen LogP contribution in [0.25, 0.3) is 11.3 Å². The summed E-state index contributed by atoms with van der Waals surface area (Å²) in [6.45, 7) is 1.58. The van der Waals surface area contributed by atoms with E-state index in [9.17, 15) is 5.11 Å². The zero-order chi connectivity index (χ0) is 13.3. The maximum Gasteiger partial charge on any atom is 0.0956 e. The Kier molecular flexibility index (Phi) is 1.94. The SMILES string of the molecule is O[C@H]1CC2(COC2)[C@@H]1[C@@H]1c2ccccc2-c2cncn21. The average Bonchev–Trinajstić information content (AvgIpc) is 2.97. The van der Waals surface area contributed by atoms with Gasteiger partial charge in [0, 0.05) is 16.9 Å². The third-order valence-electron chi connectivity index (χ3n) is 5.38. The number of nitrogens with zero attached hydrogens (tertiary/aromatic N) is 2. The standard InChI is InChI=1S/C16H16N2O2/c19-13-5-16(7-20-8-16)14(13)15-11-4-2-1-3-10(11)12-6-17-9-18(12)15/h1-4,6,9,13-15,19H,5,7-8H2/t13-,14-,15-/m0/s1. The molecular formula is C16H16N2O2. The molecule has 1 aromatic heterocycles. The van der Waals surface area contributed by atoms with Crippen molar-refractivity contribution < 1.29 is 9.84 Å². The molecule has 5 rings (SSSR count). The molecule has 0 radical (unpaired) electrons. The Morgan fingerprint density at radius 2 is 2.15 bits per heavy atom. The molecule has 0 bridgehead atoms. The summed E-state index contributed by atoms with van der Waals surface area (Å²) in [5, 5.41) is 10.4. The van der Waals surface area contributed by atoms with Gasteiger partial charge in [-0.3, -0.25) is 0 Å². The number of hydrogen-bond donors (Lipinski definition) is 1. The Morgan fingerprint density at radius 3 is 2.90 bits per heavy atom. The van der Waals surface area contributed by atoms with E-state index in [0.29, 0.717) is 0 Å². The fourth-order valence-corrected chi connectivity index (χ4v) is 4.39. The highest BCUT2D eigenvalue weighted by molar-refractivity contribution is 5.69. The largest absolute Gasteiger partial charge is 0.393 e. The fourth-order valence-electron chi connectivity index (χ4n) is 4.39. The summed E-state index contributed by atoms with van der Waals surface area (Å²) in [6.07, 6.45) is 4.47. The molecule has 1 aromatic carbocycles. The molecule has 1 N–H and O–H groups in total. The number of ether oxygens (including phenoxy) is 1. The first-order chi connectivity index (χ1) is 9.80. The molecular weight excluding hydrogens is 252 g/mol. The summed E-state index contributed by atoms with van der Waals surface area (Å²) in [5.41, 5.74) is 3.92. The molecule has 2 fully saturated rings. The molecule has 2 aromatic rings. The van der Waals surface area contributed by atoms with Crippen molar-refractivity contribution in [1.82, 2.24) is 9.55 Å². The van der Waals surface area contributed by atoms with Crippen LogP contribution in [-0.4, -0.2) is 34.0 Å². The minimum absolute atomic E-state index is 0.184. The molecule has 4 heteroatoms. The summed E-state index contributed by atoms with van der Waals surface area (Å²) >= 11 is 0. The van der Waals surface area contributed by atoms with Gasteiger partial charge < -0.3 is 14.4 Å². The fraction of sp³-hybridized carbons (Fsp3) is 0.438. The maximum absolute atomic E-state index is 10.4. The number of aliphatic hydroxyl groups is 1. The molecule has 3 heterocycles. The molecule has 1 saturated heterocycles. The van der Waals surface area contributed by atoms with E-state index in [2.05, 4.69) is 33.8 Å². The highest BCUT2D eigenvalue weighted by Gasteiger charge is 2.62. The molecule has 3 aliphatic rings. The first kappa shape index (κ1) is 11.1. The Hall–Kier alpha value is -1.65. The molecule has 102 valence electrons. The molecule has 0 unspecified atom stereocenters. The van der Waals surface area contributed by atoms with Gasteiger partial charge in [0.25, 0.3) is 0 Å². The molecule has 1 saturated carbocycles. The van der Waals surface area contributed by atoms with Gasteiger partial charge in [0.2, 0.25) is 0 Å². The van der Waals surface area contributed by atoms with Crippen LogP contribution in [0.3, 0.4) is 0 Å². The zero-order valence-electron chi connectivity index (χ0n) is 11.1. The van der Waals surface area contributed by atoms with Gasteiger partial charge in [-0.05, 0) is 12.0 Å². The first-order valence-electron chi connectivity index (χ1n) is 7.17. The summed E-state index contributed by atoms with van der Waals surface area (Å²) in [7, 11) is 0. The molecule has 1 aliphatic carbocycles. The molecule has 0 amide bonds. The van der Waals surface area contributed by atoms with Crippen LogP contribution < -0.4 is 0 Å². The summed E-state index contributed by atoms with van der Waals surface area (Å²) in [4.78, 5) is 4.30. The predicted molar refractivity (Wildman–Crippen MR) is 73.2 cm³/mol. The highest BCUT2D eigenvalue weighted by atomic mass is 16.5. The lowest BCUT2D eigenvalue weighted by Crippen LogP contribution is -2.64. The van der Waals surface area contributed by atoms with Crippen molar-refractivity contribution in [3.05, 3.63) is 42.4 Å². The number of hydrogen-bond acceptors (Lipinski definition) is 3. The van der Waals surface area contributed by atoms with Crippen molar-refractivity contribution in [3.8, 4) is 11.3 Å². The van der Waals surface area contributed by atoms with Crippen molar-refractivity contribution in [2.24, 2.45) is 11.3 Å².